The molecule has 3 nitrogen and oxygen atoms in total. The van der Waals surface area contributed by atoms with Crippen LogP contribution in [0.25, 0.3) is 0 Å². The largest absolute Gasteiger partial charge is 0.394 e. The Morgan fingerprint density at radius 2 is 2.00 bits per heavy atom. The first kappa shape index (κ1) is 10.3. The smallest absolute Gasteiger partial charge is 0.0633 e. The van der Waals surface area contributed by atoms with Crippen LogP contribution in [0.2, 0.25) is 0 Å². The first-order valence-electron chi connectivity index (χ1n) is 4.22. The molecule has 2 aliphatic rings. The zero-order chi connectivity index (χ0) is 8.11. The van der Waals surface area contributed by atoms with Crippen LogP contribution < -0.4 is 5.73 Å². The Morgan fingerprint density at radius 3 is 2.17 bits per heavy atom. The Hall–Kier alpha value is 0.170. The number of rotatable bonds is 1. The quantitative estimate of drug-likeness (QED) is 0.551. The summed E-state index contributed by atoms with van der Waals surface area (Å²) >= 11 is 0. The maximum absolute atomic E-state index is 9.49. The predicted molar refractivity (Wildman–Crippen MR) is 48.2 cm³/mol. The van der Waals surface area contributed by atoms with Crippen LogP contribution in [0.5, 0.6) is 0 Å². The number of hydrogen-bond donors (Lipinski definition) is 3. The van der Waals surface area contributed by atoms with Crippen molar-refractivity contribution in [1.82, 2.24) is 0 Å². The summed E-state index contributed by atoms with van der Waals surface area (Å²) in [7, 11) is 0. The Balaban J connectivity index is 0.000000720. The number of nitrogens with two attached hydrogens (primary N) is 1. The summed E-state index contributed by atoms with van der Waals surface area (Å²) in [6, 6.07) is 0. The van der Waals surface area contributed by atoms with Crippen molar-refractivity contribution in [3.63, 3.8) is 0 Å². The van der Waals surface area contributed by atoms with E-state index in [2.05, 4.69) is 0 Å². The van der Waals surface area contributed by atoms with Crippen molar-refractivity contribution in [3.05, 3.63) is 0 Å². The van der Waals surface area contributed by atoms with Gasteiger partial charge in [0.1, 0.15) is 0 Å². The average molecular weight is 194 g/mol. The molecule has 2 fully saturated rings. The van der Waals surface area contributed by atoms with E-state index in [-0.39, 0.29) is 30.5 Å². The molecule has 2 saturated carbocycles. The molecule has 2 atom stereocenters. The maximum atomic E-state index is 9.49. The summed E-state index contributed by atoms with van der Waals surface area (Å²) in [5.41, 5.74) is 5.35. The molecule has 4 N–H and O–H groups in total. The third kappa shape index (κ3) is 0.880. The highest BCUT2D eigenvalue weighted by Gasteiger charge is 2.65. The van der Waals surface area contributed by atoms with Gasteiger partial charge in [-0.15, -0.1) is 12.4 Å². The second-order valence-electron chi connectivity index (χ2n) is 4.04. The van der Waals surface area contributed by atoms with E-state index in [0.29, 0.717) is 6.42 Å². The summed E-state index contributed by atoms with van der Waals surface area (Å²) < 4.78 is 0. The molecule has 0 heterocycles. The average Bonchev–Trinajstić information content (AvgIpc) is 1.83. The molecule has 0 aliphatic heterocycles. The second-order valence-corrected chi connectivity index (χ2v) is 4.04. The molecule has 72 valence electrons. The van der Waals surface area contributed by atoms with E-state index in [9.17, 15) is 5.11 Å². The minimum atomic E-state index is -0.468. The Labute approximate surface area is 78.4 Å². The van der Waals surface area contributed by atoms with Gasteiger partial charge in [-0.05, 0) is 19.3 Å². The lowest BCUT2D eigenvalue weighted by Gasteiger charge is -2.65. The highest BCUT2D eigenvalue weighted by molar-refractivity contribution is 5.85. The van der Waals surface area contributed by atoms with Gasteiger partial charge in [-0.3, -0.25) is 0 Å². The van der Waals surface area contributed by atoms with Crippen LogP contribution in [0.1, 0.15) is 25.7 Å². The van der Waals surface area contributed by atoms with Crippen LogP contribution in [0.15, 0.2) is 0 Å². The van der Waals surface area contributed by atoms with E-state index in [1.807, 2.05) is 0 Å². The third-order valence-corrected chi connectivity index (χ3v) is 3.71. The van der Waals surface area contributed by atoms with Crippen LogP contribution in [0.4, 0.5) is 0 Å². The number of aliphatic hydroxyl groups excluding tert-OH is 2. The summed E-state index contributed by atoms with van der Waals surface area (Å²) in [5, 5.41) is 18.5. The van der Waals surface area contributed by atoms with Gasteiger partial charge in [0.2, 0.25) is 0 Å². The molecule has 12 heavy (non-hydrogen) atoms. The highest BCUT2D eigenvalue weighted by atomic mass is 35.5. The third-order valence-electron chi connectivity index (χ3n) is 3.71. The fourth-order valence-electron chi connectivity index (χ4n) is 2.56. The summed E-state index contributed by atoms with van der Waals surface area (Å²) in [5.74, 6) is 0. The highest BCUT2D eigenvalue weighted by Crippen LogP contribution is 2.60. The molecular weight excluding hydrogens is 178 g/mol. The van der Waals surface area contributed by atoms with Gasteiger partial charge in [0.25, 0.3) is 0 Å². The SMILES string of the molecule is Cl.NC1(CO)CC(O)C12CCC2. The fraction of sp³-hybridized carbons (Fsp3) is 1.00. The van der Waals surface area contributed by atoms with Crippen LogP contribution in [-0.4, -0.2) is 28.5 Å². The van der Waals surface area contributed by atoms with Crippen LogP contribution in [-0.2, 0) is 0 Å². The lowest BCUT2D eigenvalue weighted by atomic mass is 9.44. The molecular formula is C8H16ClNO2. The number of halogens is 1. The molecule has 2 rings (SSSR count). The van der Waals surface area contributed by atoms with Crippen LogP contribution in [0.3, 0.4) is 0 Å². The van der Waals surface area contributed by atoms with Crippen molar-refractivity contribution in [2.45, 2.75) is 37.3 Å². The van der Waals surface area contributed by atoms with E-state index in [4.69, 9.17) is 10.8 Å². The van der Waals surface area contributed by atoms with Gasteiger partial charge in [0.15, 0.2) is 0 Å². The Bertz CT molecular complexity index is 184. The summed E-state index contributed by atoms with van der Waals surface area (Å²) in [6.07, 6.45) is 3.45. The summed E-state index contributed by atoms with van der Waals surface area (Å²) in [6.45, 7) is 0.0179. The molecule has 0 saturated heterocycles. The van der Waals surface area contributed by atoms with E-state index < -0.39 is 5.54 Å². The van der Waals surface area contributed by atoms with Gasteiger partial charge < -0.3 is 15.9 Å². The Kier molecular flexibility index (Phi) is 2.43. The van der Waals surface area contributed by atoms with Crippen molar-refractivity contribution in [2.24, 2.45) is 11.1 Å². The lowest BCUT2D eigenvalue weighted by molar-refractivity contribution is -0.196. The van der Waals surface area contributed by atoms with Crippen LogP contribution >= 0.6 is 12.4 Å². The van der Waals surface area contributed by atoms with Crippen molar-refractivity contribution in [3.8, 4) is 0 Å². The molecule has 0 aromatic carbocycles. The molecule has 0 radical (unpaired) electrons. The van der Waals surface area contributed by atoms with E-state index in [0.717, 1.165) is 19.3 Å². The number of aliphatic hydroxyl groups is 2. The van der Waals surface area contributed by atoms with Crippen molar-refractivity contribution in [1.29, 1.82) is 0 Å². The van der Waals surface area contributed by atoms with Crippen molar-refractivity contribution in [2.75, 3.05) is 6.61 Å². The topological polar surface area (TPSA) is 66.5 Å². The molecule has 0 aromatic heterocycles. The normalized spacial score (nSPS) is 42.8. The molecule has 1 spiro atoms. The molecule has 2 aliphatic carbocycles. The van der Waals surface area contributed by atoms with E-state index in [1.165, 1.54) is 0 Å². The zero-order valence-electron chi connectivity index (χ0n) is 6.99. The Morgan fingerprint density at radius 1 is 1.42 bits per heavy atom. The molecule has 0 bridgehead atoms. The first-order valence-corrected chi connectivity index (χ1v) is 4.22. The second kappa shape index (κ2) is 2.84. The van der Waals surface area contributed by atoms with Gasteiger partial charge >= 0.3 is 0 Å². The van der Waals surface area contributed by atoms with Crippen molar-refractivity contribution < 1.29 is 10.2 Å². The number of hydrogen-bond acceptors (Lipinski definition) is 3. The van der Waals surface area contributed by atoms with Gasteiger partial charge in [-0.25, -0.2) is 0 Å². The van der Waals surface area contributed by atoms with Gasteiger partial charge in [0, 0.05) is 11.0 Å². The summed E-state index contributed by atoms with van der Waals surface area (Å²) in [4.78, 5) is 0. The van der Waals surface area contributed by atoms with E-state index >= 15 is 0 Å². The first-order chi connectivity index (χ1) is 5.15. The maximum Gasteiger partial charge on any atom is 0.0633 e. The molecule has 0 aromatic rings. The zero-order valence-corrected chi connectivity index (χ0v) is 7.81. The van der Waals surface area contributed by atoms with Crippen LogP contribution in [0, 0.1) is 5.41 Å². The minimum absolute atomic E-state index is 0. The standard InChI is InChI=1S/C8H15NO2.ClH/c9-8(5-10)4-6(11)7(8)2-1-3-7;/h6,10-11H,1-5,9H2;1H. The molecule has 2 unspecified atom stereocenters. The van der Waals surface area contributed by atoms with E-state index in [1.54, 1.807) is 0 Å². The molecule has 0 amide bonds. The monoisotopic (exact) mass is 193 g/mol. The minimum Gasteiger partial charge on any atom is -0.394 e. The van der Waals surface area contributed by atoms with Gasteiger partial charge in [0.05, 0.1) is 12.7 Å². The fourth-order valence-corrected chi connectivity index (χ4v) is 2.56. The molecule has 4 heteroatoms. The predicted octanol–water partition coefficient (Wildman–Crippen LogP) is 0.0329. The van der Waals surface area contributed by atoms with Gasteiger partial charge in [-0.1, -0.05) is 6.42 Å². The van der Waals surface area contributed by atoms with Gasteiger partial charge in [-0.2, -0.15) is 0 Å². The van der Waals surface area contributed by atoms with Crippen molar-refractivity contribution >= 4 is 12.4 Å². The lowest BCUT2D eigenvalue weighted by Crippen LogP contribution is -2.75.